The second-order valence-electron chi connectivity index (χ2n) is 7.71. The molecule has 1 heterocycles. The Bertz CT molecular complexity index is 657. The molecule has 0 bridgehead atoms. The summed E-state index contributed by atoms with van der Waals surface area (Å²) in [7, 11) is -3.24. The zero-order valence-corrected chi connectivity index (χ0v) is 16.0. The van der Waals surface area contributed by atoms with Crippen molar-refractivity contribution in [3.63, 3.8) is 0 Å². The fraction of sp³-hybridized carbons (Fsp3) is 0.632. The maximum atomic E-state index is 12.7. The van der Waals surface area contributed by atoms with E-state index in [1.54, 1.807) is 24.3 Å². The molecule has 2 rings (SSSR count). The molecule has 0 atom stereocenters. The van der Waals surface area contributed by atoms with Crippen molar-refractivity contribution in [3.05, 3.63) is 30.3 Å². The van der Waals surface area contributed by atoms with E-state index in [1.807, 2.05) is 24.8 Å². The number of carbonyl (C=O) groups is 1. The molecule has 0 radical (unpaired) electrons. The van der Waals surface area contributed by atoms with Crippen LogP contribution in [-0.2, 0) is 14.6 Å². The predicted octanol–water partition coefficient (Wildman–Crippen LogP) is 3.38. The van der Waals surface area contributed by atoms with Crippen molar-refractivity contribution in [1.29, 1.82) is 0 Å². The molecule has 0 aliphatic carbocycles. The van der Waals surface area contributed by atoms with Crippen molar-refractivity contribution < 1.29 is 13.2 Å². The van der Waals surface area contributed by atoms with E-state index in [4.69, 9.17) is 0 Å². The zero-order valence-electron chi connectivity index (χ0n) is 15.2. The van der Waals surface area contributed by atoms with Gasteiger partial charge >= 0.3 is 0 Å². The summed E-state index contributed by atoms with van der Waals surface area (Å²) in [6, 6.07) is 8.63. The van der Waals surface area contributed by atoms with Gasteiger partial charge in [0.05, 0.1) is 10.6 Å². The zero-order chi connectivity index (χ0) is 18.0. The number of rotatable bonds is 5. The molecular formula is C19H29NO3S. The average Bonchev–Trinajstić information content (AvgIpc) is 2.55. The lowest BCUT2D eigenvalue weighted by atomic mass is 9.79. The van der Waals surface area contributed by atoms with E-state index >= 15 is 0 Å². The van der Waals surface area contributed by atoms with Crippen molar-refractivity contribution in [2.45, 2.75) is 45.4 Å². The summed E-state index contributed by atoms with van der Waals surface area (Å²) in [5.41, 5.74) is -0.372. The van der Waals surface area contributed by atoms with Crippen LogP contribution in [0.1, 0.15) is 40.5 Å². The van der Waals surface area contributed by atoms with Crippen molar-refractivity contribution in [2.75, 3.05) is 18.8 Å². The predicted molar refractivity (Wildman–Crippen MR) is 96.4 cm³/mol. The number of carbonyl (C=O) groups excluding carboxylic acids is 1. The summed E-state index contributed by atoms with van der Waals surface area (Å²) < 4.78 is 25.0. The van der Waals surface area contributed by atoms with E-state index in [-0.39, 0.29) is 28.9 Å². The van der Waals surface area contributed by atoms with Gasteiger partial charge in [0.25, 0.3) is 0 Å². The van der Waals surface area contributed by atoms with Crippen LogP contribution in [0, 0.1) is 17.3 Å². The highest BCUT2D eigenvalue weighted by Gasteiger charge is 2.36. The van der Waals surface area contributed by atoms with Crippen molar-refractivity contribution in [3.8, 4) is 0 Å². The lowest BCUT2D eigenvalue weighted by Crippen LogP contribution is -2.47. The van der Waals surface area contributed by atoms with Crippen LogP contribution < -0.4 is 0 Å². The summed E-state index contributed by atoms with van der Waals surface area (Å²) in [5, 5.41) is 0. The summed E-state index contributed by atoms with van der Waals surface area (Å²) in [6.45, 7) is 9.43. The van der Waals surface area contributed by atoms with Crippen LogP contribution in [0.15, 0.2) is 35.2 Å². The van der Waals surface area contributed by atoms with Crippen LogP contribution in [0.2, 0.25) is 0 Å². The normalized spacial score (nSPS) is 17.3. The van der Waals surface area contributed by atoms with E-state index in [0.29, 0.717) is 18.0 Å². The number of hydrogen-bond acceptors (Lipinski definition) is 3. The van der Waals surface area contributed by atoms with Crippen molar-refractivity contribution in [2.24, 2.45) is 17.3 Å². The molecule has 1 amide bonds. The van der Waals surface area contributed by atoms with Crippen LogP contribution in [-0.4, -0.2) is 38.1 Å². The van der Waals surface area contributed by atoms with Gasteiger partial charge in [-0.1, -0.05) is 45.9 Å². The molecule has 0 saturated carbocycles. The van der Waals surface area contributed by atoms with E-state index in [9.17, 15) is 13.2 Å². The molecular weight excluding hydrogens is 322 g/mol. The molecule has 4 nitrogen and oxygen atoms in total. The Morgan fingerprint density at radius 3 is 2.21 bits per heavy atom. The minimum absolute atomic E-state index is 0.126. The molecule has 0 N–H and O–H groups in total. The highest BCUT2D eigenvalue weighted by molar-refractivity contribution is 7.91. The summed E-state index contributed by atoms with van der Waals surface area (Å²) in [4.78, 5) is 15.0. The summed E-state index contributed by atoms with van der Waals surface area (Å²) in [6.07, 6.45) is 1.51. The molecule has 134 valence electrons. The van der Waals surface area contributed by atoms with Crippen LogP contribution in [0.4, 0.5) is 0 Å². The van der Waals surface area contributed by atoms with Gasteiger partial charge < -0.3 is 4.90 Å². The van der Waals surface area contributed by atoms with Crippen molar-refractivity contribution >= 4 is 15.7 Å². The number of piperidine rings is 1. The Labute approximate surface area is 146 Å². The van der Waals surface area contributed by atoms with Crippen LogP contribution >= 0.6 is 0 Å². The SMILES string of the molecule is CC(C)C(C)(C)C(=O)N1CCC(CS(=O)(=O)c2ccccc2)CC1. The monoisotopic (exact) mass is 351 g/mol. The molecule has 1 saturated heterocycles. The van der Waals surface area contributed by atoms with Gasteiger partial charge in [0.2, 0.25) is 5.91 Å². The highest BCUT2D eigenvalue weighted by Crippen LogP contribution is 2.31. The quantitative estimate of drug-likeness (QED) is 0.817. The minimum atomic E-state index is -3.24. The lowest BCUT2D eigenvalue weighted by Gasteiger charge is -2.38. The second-order valence-corrected chi connectivity index (χ2v) is 9.74. The van der Waals surface area contributed by atoms with Gasteiger partial charge in [-0.2, -0.15) is 0 Å². The topological polar surface area (TPSA) is 54.5 Å². The molecule has 1 aromatic carbocycles. The van der Waals surface area contributed by atoms with Crippen molar-refractivity contribution in [1.82, 2.24) is 4.90 Å². The second kappa shape index (κ2) is 7.26. The van der Waals surface area contributed by atoms with Gasteiger partial charge in [0.1, 0.15) is 0 Å². The van der Waals surface area contributed by atoms with Gasteiger partial charge in [-0.3, -0.25) is 4.79 Å². The van der Waals surface area contributed by atoms with E-state index < -0.39 is 9.84 Å². The third-order valence-electron chi connectivity index (χ3n) is 5.45. The van der Waals surface area contributed by atoms with E-state index in [2.05, 4.69) is 13.8 Å². The third-order valence-corrected chi connectivity index (χ3v) is 7.35. The Morgan fingerprint density at radius 1 is 1.17 bits per heavy atom. The average molecular weight is 352 g/mol. The number of sulfone groups is 1. The van der Waals surface area contributed by atoms with Gasteiger partial charge in [-0.05, 0) is 36.8 Å². The molecule has 0 spiro atoms. The van der Waals surface area contributed by atoms with Gasteiger partial charge in [-0.15, -0.1) is 0 Å². The van der Waals surface area contributed by atoms with E-state index in [0.717, 1.165) is 12.8 Å². The first-order chi connectivity index (χ1) is 11.1. The Morgan fingerprint density at radius 2 is 1.71 bits per heavy atom. The minimum Gasteiger partial charge on any atom is -0.342 e. The number of benzene rings is 1. The molecule has 5 heteroatoms. The maximum absolute atomic E-state index is 12.7. The smallest absolute Gasteiger partial charge is 0.228 e. The summed E-state index contributed by atoms with van der Waals surface area (Å²) >= 11 is 0. The third kappa shape index (κ3) is 4.18. The van der Waals surface area contributed by atoms with E-state index in [1.165, 1.54) is 0 Å². The molecule has 1 aromatic rings. The Hall–Kier alpha value is -1.36. The van der Waals surface area contributed by atoms with Crippen LogP contribution in [0.25, 0.3) is 0 Å². The Kier molecular flexibility index (Phi) is 5.74. The highest BCUT2D eigenvalue weighted by atomic mass is 32.2. The first-order valence-electron chi connectivity index (χ1n) is 8.72. The fourth-order valence-electron chi connectivity index (χ4n) is 2.99. The van der Waals surface area contributed by atoms with Crippen LogP contribution in [0.3, 0.4) is 0 Å². The lowest BCUT2D eigenvalue weighted by molar-refractivity contribution is -0.144. The van der Waals surface area contributed by atoms with Crippen LogP contribution in [0.5, 0.6) is 0 Å². The summed E-state index contributed by atoms with van der Waals surface area (Å²) in [5.74, 6) is 0.761. The molecule has 1 aliphatic heterocycles. The number of amides is 1. The van der Waals surface area contributed by atoms with Gasteiger partial charge in [0.15, 0.2) is 9.84 Å². The number of nitrogens with zero attached hydrogens (tertiary/aromatic N) is 1. The molecule has 1 fully saturated rings. The first-order valence-corrected chi connectivity index (χ1v) is 10.4. The maximum Gasteiger partial charge on any atom is 0.228 e. The molecule has 1 aliphatic rings. The van der Waals surface area contributed by atoms with Gasteiger partial charge in [-0.25, -0.2) is 8.42 Å². The molecule has 0 unspecified atom stereocenters. The number of hydrogen-bond donors (Lipinski definition) is 0. The fourth-order valence-corrected chi connectivity index (χ4v) is 4.71. The van der Waals surface area contributed by atoms with Gasteiger partial charge in [0, 0.05) is 18.5 Å². The molecule has 0 aromatic heterocycles. The standard InChI is InChI=1S/C19H29NO3S/c1-15(2)19(3,4)18(21)20-12-10-16(11-13-20)14-24(22,23)17-8-6-5-7-9-17/h5-9,15-16H,10-14H2,1-4H3. The number of likely N-dealkylation sites (tertiary alicyclic amines) is 1. The largest absolute Gasteiger partial charge is 0.342 e. The molecule has 24 heavy (non-hydrogen) atoms. The first kappa shape index (κ1) is 19.0. The Balaban J connectivity index is 1.95.